The van der Waals surface area contributed by atoms with Crippen molar-refractivity contribution in [2.45, 2.75) is 30.9 Å². The maximum absolute atomic E-state index is 12.8. The summed E-state index contributed by atoms with van der Waals surface area (Å²) in [5.41, 5.74) is 4.09. The quantitative estimate of drug-likeness (QED) is 0.503. The van der Waals surface area contributed by atoms with Gasteiger partial charge in [0.2, 0.25) is 16.0 Å². The molecule has 1 aromatic carbocycles. The monoisotopic (exact) mass is 519 g/mol. The molecule has 3 aromatic rings. The maximum Gasteiger partial charge on any atom is 0.255 e. The second kappa shape index (κ2) is 8.80. The van der Waals surface area contributed by atoms with Crippen LogP contribution in [0.25, 0.3) is 0 Å². The first-order valence-electron chi connectivity index (χ1n) is 11.9. The molecule has 2 aromatic heterocycles. The highest BCUT2D eigenvalue weighted by molar-refractivity contribution is 7.92. The fourth-order valence-corrected chi connectivity index (χ4v) is 5.49. The van der Waals surface area contributed by atoms with Crippen LogP contribution in [0.2, 0.25) is 0 Å². The molecule has 0 radical (unpaired) electrons. The largest absolute Gasteiger partial charge is 0.385 e. The van der Waals surface area contributed by atoms with E-state index < -0.39 is 15.6 Å². The van der Waals surface area contributed by atoms with Crippen LogP contribution in [0.15, 0.2) is 60.1 Å². The maximum atomic E-state index is 12.8. The molecule has 0 saturated carbocycles. The highest BCUT2D eigenvalue weighted by Gasteiger charge is 2.52. The molecule has 190 valence electrons. The second-order valence-electron chi connectivity index (χ2n) is 9.77. The van der Waals surface area contributed by atoms with Crippen molar-refractivity contribution in [2.24, 2.45) is 5.16 Å². The second-order valence-corrected chi connectivity index (χ2v) is 11.5. The van der Waals surface area contributed by atoms with Crippen molar-refractivity contribution in [1.29, 1.82) is 0 Å². The Morgan fingerprint density at radius 3 is 2.35 bits per heavy atom. The topological polar surface area (TPSA) is 139 Å². The van der Waals surface area contributed by atoms with E-state index in [9.17, 15) is 13.2 Å². The van der Waals surface area contributed by atoms with Gasteiger partial charge in [-0.1, -0.05) is 29.4 Å². The van der Waals surface area contributed by atoms with Crippen LogP contribution in [0.5, 0.6) is 0 Å². The molecule has 2 N–H and O–H groups in total. The van der Waals surface area contributed by atoms with Crippen molar-refractivity contribution in [2.75, 3.05) is 29.4 Å². The van der Waals surface area contributed by atoms with Gasteiger partial charge in [0.1, 0.15) is 5.82 Å². The minimum Gasteiger partial charge on any atom is -0.385 e. The van der Waals surface area contributed by atoms with E-state index in [0.29, 0.717) is 31.0 Å². The number of hydrogen-bond donors (Lipinski definition) is 2. The predicted octanol–water partition coefficient (Wildman–Crippen LogP) is 1.84. The lowest BCUT2D eigenvalue weighted by Gasteiger charge is -2.45. The van der Waals surface area contributed by atoms with Crippen LogP contribution in [0.3, 0.4) is 0 Å². The number of likely N-dealkylation sites (tertiary alicyclic amines) is 1. The zero-order valence-electron chi connectivity index (χ0n) is 20.1. The first kappa shape index (κ1) is 23.3. The molecule has 1 aliphatic carbocycles. The summed E-state index contributed by atoms with van der Waals surface area (Å²) in [6.45, 7) is 0.788. The Balaban J connectivity index is 1.02. The van der Waals surface area contributed by atoms with E-state index in [2.05, 4.69) is 54.4 Å². The number of nitrogens with zero attached hydrogens (tertiary/aromatic N) is 5. The van der Waals surface area contributed by atoms with Gasteiger partial charge in [0.05, 0.1) is 30.6 Å². The Morgan fingerprint density at radius 2 is 1.73 bits per heavy atom. The Hall–Kier alpha value is -4.06. The zero-order valence-corrected chi connectivity index (χ0v) is 20.9. The number of pyridine rings is 1. The molecule has 1 fully saturated rings. The van der Waals surface area contributed by atoms with E-state index in [-0.39, 0.29) is 17.8 Å². The molecular weight excluding hydrogens is 494 g/mol. The molecule has 0 bridgehead atoms. The van der Waals surface area contributed by atoms with Crippen molar-refractivity contribution in [3.63, 3.8) is 0 Å². The molecule has 11 nitrogen and oxygen atoms in total. The van der Waals surface area contributed by atoms with Gasteiger partial charge in [-0.05, 0) is 36.1 Å². The molecule has 37 heavy (non-hydrogen) atoms. The lowest BCUT2D eigenvalue weighted by Crippen LogP contribution is -2.63. The number of nitrogens with one attached hydrogen (secondary N) is 2. The number of sulfonamides is 1. The molecule has 12 heteroatoms. The highest BCUT2D eigenvalue weighted by atomic mass is 32.2. The van der Waals surface area contributed by atoms with Crippen molar-refractivity contribution in [3.8, 4) is 0 Å². The molecule has 4 heterocycles. The third-order valence-corrected chi connectivity index (χ3v) is 7.33. The average molecular weight is 520 g/mol. The number of carbonyl (C=O) groups is 1. The Kier molecular flexibility index (Phi) is 5.55. The number of carbonyl (C=O) groups excluding carboxylic acids is 1. The van der Waals surface area contributed by atoms with E-state index in [0.717, 1.165) is 30.4 Å². The van der Waals surface area contributed by atoms with Gasteiger partial charge in [0, 0.05) is 36.6 Å². The smallest absolute Gasteiger partial charge is 0.255 e. The SMILES string of the molecule is CS(=O)(=O)Nc1ccc(C(=O)N2CC3(CC(c4cnc(NC5Cc6ccccc6C5)nc4)=NO3)C2)cn1. The number of oxime groups is 1. The van der Waals surface area contributed by atoms with Gasteiger partial charge in [-0.2, -0.15) is 0 Å². The molecule has 0 atom stereocenters. The Morgan fingerprint density at radius 1 is 1.03 bits per heavy atom. The van der Waals surface area contributed by atoms with Crippen LogP contribution >= 0.6 is 0 Å². The standard InChI is InChI=1S/C25H25N7O4S/c1-37(34,35)31-22-7-6-18(11-26-22)23(33)32-14-25(15-32)10-21(30-36-25)19-12-27-24(28-13-19)29-20-8-16-4-2-3-5-17(16)9-20/h2-7,11-13,20H,8-10,14-15H2,1H3,(H,26,31)(H,27,28,29). The summed E-state index contributed by atoms with van der Waals surface area (Å²) in [4.78, 5) is 33.2. The number of hydrogen-bond acceptors (Lipinski definition) is 9. The molecular formula is C25H25N7O4S. The number of rotatable bonds is 6. The lowest BCUT2D eigenvalue weighted by molar-refractivity contribution is -0.110. The van der Waals surface area contributed by atoms with Gasteiger partial charge in [-0.25, -0.2) is 23.4 Å². The van der Waals surface area contributed by atoms with Crippen LogP contribution in [-0.4, -0.2) is 70.9 Å². The van der Waals surface area contributed by atoms with Crippen LogP contribution in [0.1, 0.15) is 33.5 Å². The first-order chi connectivity index (χ1) is 17.8. The predicted molar refractivity (Wildman–Crippen MR) is 137 cm³/mol. The number of benzene rings is 1. The molecule has 3 aliphatic rings. The van der Waals surface area contributed by atoms with E-state index in [1.165, 1.54) is 23.4 Å². The Labute approximate surface area is 214 Å². The van der Waals surface area contributed by atoms with Gasteiger partial charge in [-0.15, -0.1) is 0 Å². The summed E-state index contributed by atoms with van der Waals surface area (Å²) < 4.78 is 24.9. The van der Waals surface area contributed by atoms with Crippen molar-refractivity contribution < 1.29 is 18.0 Å². The molecule has 2 aliphatic heterocycles. The van der Waals surface area contributed by atoms with Gasteiger partial charge in [0.15, 0.2) is 5.60 Å². The number of amides is 1. The fourth-order valence-electron chi connectivity index (χ4n) is 4.99. The third-order valence-electron chi connectivity index (χ3n) is 6.75. The van der Waals surface area contributed by atoms with Gasteiger partial charge in [-0.3, -0.25) is 9.52 Å². The fraction of sp³-hybridized carbons (Fsp3) is 0.320. The van der Waals surface area contributed by atoms with Crippen LogP contribution < -0.4 is 10.0 Å². The van der Waals surface area contributed by atoms with E-state index in [1.54, 1.807) is 23.4 Å². The summed E-state index contributed by atoms with van der Waals surface area (Å²) in [6.07, 6.45) is 8.36. The third kappa shape index (κ3) is 4.84. The minimum atomic E-state index is -3.43. The van der Waals surface area contributed by atoms with E-state index in [4.69, 9.17) is 4.84 Å². The Bertz CT molecular complexity index is 1460. The molecule has 0 unspecified atom stereocenters. The van der Waals surface area contributed by atoms with Crippen molar-refractivity contribution in [1.82, 2.24) is 19.9 Å². The average Bonchev–Trinajstić information content (AvgIpc) is 3.47. The molecule has 1 amide bonds. The molecule has 6 rings (SSSR count). The van der Waals surface area contributed by atoms with Crippen molar-refractivity contribution >= 4 is 33.4 Å². The lowest BCUT2D eigenvalue weighted by atomic mass is 9.87. The molecule has 1 spiro atoms. The van der Waals surface area contributed by atoms with Crippen LogP contribution in [0.4, 0.5) is 11.8 Å². The van der Waals surface area contributed by atoms with Gasteiger partial charge < -0.3 is 15.1 Å². The summed E-state index contributed by atoms with van der Waals surface area (Å²) in [5.74, 6) is 0.546. The number of fused-ring (bicyclic) bond motifs is 1. The normalized spacial score (nSPS) is 18.1. The van der Waals surface area contributed by atoms with Gasteiger partial charge >= 0.3 is 0 Å². The van der Waals surface area contributed by atoms with Crippen LogP contribution in [-0.2, 0) is 27.7 Å². The first-order valence-corrected chi connectivity index (χ1v) is 13.8. The highest BCUT2D eigenvalue weighted by Crippen LogP contribution is 2.36. The van der Waals surface area contributed by atoms with E-state index in [1.807, 2.05) is 0 Å². The summed E-state index contributed by atoms with van der Waals surface area (Å²) in [6, 6.07) is 11.7. The van der Waals surface area contributed by atoms with Crippen molar-refractivity contribution in [3.05, 3.63) is 77.2 Å². The number of anilines is 2. The van der Waals surface area contributed by atoms with Gasteiger partial charge in [0.25, 0.3) is 5.91 Å². The summed E-state index contributed by atoms with van der Waals surface area (Å²) in [7, 11) is -3.43. The van der Waals surface area contributed by atoms with E-state index >= 15 is 0 Å². The zero-order chi connectivity index (χ0) is 25.6. The minimum absolute atomic E-state index is 0.160. The molecule has 1 saturated heterocycles. The summed E-state index contributed by atoms with van der Waals surface area (Å²) in [5, 5.41) is 7.67. The van der Waals surface area contributed by atoms with Crippen LogP contribution in [0, 0.1) is 0 Å². The number of aromatic nitrogens is 3. The summed E-state index contributed by atoms with van der Waals surface area (Å²) >= 11 is 0.